The van der Waals surface area contributed by atoms with E-state index in [1.54, 1.807) is 0 Å². The van der Waals surface area contributed by atoms with E-state index in [0.717, 1.165) is 25.8 Å². The molecule has 1 aliphatic heterocycles. The summed E-state index contributed by atoms with van der Waals surface area (Å²) in [6, 6.07) is 8.62. The first-order valence-corrected chi connectivity index (χ1v) is 8.26. The number of carbonyl (C=O) groups is 1. The number of benzene rings is 1. The first-order valence-electron chi connectivity index (χ1n) is 8.26. The van der Waals surface area contributed by atoms with Gasteiger partial charge in [-0.15, -0.1) is 0 Å². The molecule has 2 rings (SSSR count). The van der Waals surface area contributed by atoms with E-state index in [1.165, 1.54) is 11.1 Å². The summed E-state index contributed by atoms with van der Waals surface area (Å²) in [6.45, 7) is 9.46. The van der Waals surface area contributed by atoms with Gasteiger partial charge in [0.05, 0.1) is 6.04 Å². The lowest BCUT2D eigenvalue weighted by Crippen LogP contribution is -2.34. The minimum atomic E-state index is -0.0371. The molecular weight excluding hydrogens is 260 g/mol. The largest absolute Gasteiger partial charge is 0.321 e. The van der Waals surface area contributed by atoms with E-state index in [9.17, 15) is 4.79 Å². The highest BCUT2D eigenvalue weighted by Crippen LogP contribution is 2.28. The van der Waals surface area contributed by atoms with Crippen LogP contribution in [0.25, 0.3) is 0 Å². The summed E-state index contributed by atoms with van der Waals surface area (Å²) in [4.78, 5) is 14.6. The second kappa shape index (κ2) is 7.08. The van der Waals surface area contributed by atoms with Crippen molar-refractivity contribution in [2.24, 2.45) is 5.92 Å². The molecule has 21 heavy (non-hydrogen) atoms. The monoisotopic (exact) mass is 288 g/mol. The maximum atomic E-state index is 12.6. The molecule has 0 spiro atoms. The van der Waals surface area contributed by atoms with Crippen molar-refractivity contribution in [3.05, 3.63) is 35.4 Å². The third kappa shape index (κ3) is 3.46. The molecule has 3 unspecified atom stereocenters. The maximum Gasteiger partial charge on any atom is 0.241 e. The minimum Gasteiger partial charge on any atom is -0.321 e. The molecule has 0 bridgehead atoms. The van der Waals surface area contributed by atoms with Crippen LogP contribution in [0.4, 0.5) is 0 Å². The van der Waals surface area contributed by atoms with Gasteiger partial charge in [0.25, 0.3) is 0 Å². The maximum absolute atomic E-state index is 12.6. The van der Waals surface area contributed by atoms with Gasteiger partial charge in [0.2, 0.25) is 5.91 Å². The van der Waals surface area contributed by atoms with E-state index in [2.05, 4.69) is 57.3 Å². The molecule has 116 valence electrons. The standard InChI is InChI=1S/C18H28N2O/c1-5-13(4)12-20-17(19-16(7-3)18(20)21)15-10-8-14(6-2)9-11-15/h8-11,13,16-17,19H,5-7,12H2,1-4H3. The number of rotatable bonds is 6. The third-order valence-corrected chi connectivity index (χ3v) is 4.57. The highest BCUT2D eigenvalue weighted by Gasteiger charge is 2.38. The Morgan fingerprint density at radius 3 is 2.38 bits per heavy atom. The van der Waals surface area contributed by atoms with E-state index in [1.807, 2.05) is 4.90 Å². The van der Waals surface area contributed by atoms with Crippen LogP contribution in [0.2, 0.25) is 0 Å². The first-order chi connectivity index (χ1) is 10.1. The van der Waals surface area contributed by atoms with E-state index < -0.39 is 0 Å². The second-order valence-electron chi connectivity index (χ2n) is 6.13. The smallest absolute Gasteiger partial charge is 0.241 e. The van der Waals surface area contributed by atoms with Crippen molar-refractivity contribution in [2.75, 3.05) is 6.54 Å². The predicted octanol–water partition coefficient (Wildman–Crippen LogP) is 3.50. The summed E-state index contributed by atoms with van der Waals surface area (Å²) >= 11 is 0. The van der Waals surface area contributed by atoms with Crippen LogP contribution in [0.3, 0.4) is 0 Å². The van der Waals surface area contributed by atoms with Crippen molar-refractivity contribution in [3.8, 4) is 0 Å². The van der Waals surface area contributed by atoms with E-state index in [4.69, 9.17) is 0 Å². The molecule has 3 nitrogen and oxygen atoms in total. The molecule has 1 aliphatic rings. The van der Waals surface area contributed by atoms with Gasteiger partial charge in [-0.25, -0.2) is 0 Å². The Labute approximate surface area is 128 Å². The molecule has 1 amide bonds. The topological polar surface area (TPSA) is 32.3 Å². The normalized spacial score (nSPS) is 23.6. The lowest BCUT2D eigenvalue weighted by Gasteiger charge is -2.27. The number of nitrogens with zero attached hydrogens (tertiary/aromatic N) is 1. The molecular formula is C18H28N2O. The van der Waals surface area contributed by atoms with Crippen LogP contribution >= 0.6 is 0 Å². The molecule has 1 aromatic carbocycles. The highest BCUT2D eigenvalue weighted by molar-refractivity contribution is 5.84. The fraction of sp³-hybridized carbons (Fsp3) is 0.611. The number of hydrogen-bond donors (Lipinski definition) is 1. The van der Waals surface area contributed by atoms with Gasteiger partial charge in [0, 0.05) is 6.54 Å². The summed E-state index contributed by atoms with van der Waals surface area (Å²) in [7, 11) is 0. The number of aryl methyl sites for hydroxylation is 1. The zero-order valence-electron chi connectivity index (χ0n) is 13.7. The Bertz CT molecular complexity index is 469. The summed E-state index contributed by atoms with van der Waals surface area (Å²) in [6.07, 6.45) is 3.02. The Kier molecular flexibility index (Phi) is 5.40. The van der Waals surface area contributed by atoms with Crippen molar-refractivity contribution in [3.63, 3.8) is 0 Å². The number of amides is 1. The SMILES string of the molecule is CCc1ccc(C2NC(CC)C(=O)N2CC(C)CC)cc1. The van der Waals surface area contributed by atoms with Gasteiger partial charge in [-0.2, -0.15) is 0 Å². The Balaban J connectivity index is 2.22. The zero-order valence-corrected chi connectivity index (χ0v) is 13.7. The van der Waals surface area contributed by atoms with Crippen molar-refractivity contribution < 1.29 is 4.79 Å². The molecule has 0 aromatic heterocycles. The molecule has 0 aliphatic carbocycles. The van der Waals surface area contributed by atoms with Gasteiger partial charge in [-0.05, 0) is 29.9 Å². The van der Waals surface area contributed by atoms with Crippen molar-refractivity contribution in [1.82, 2.24) is 10.2 Å². The fourth-order valence-electron chi connectivity index (χ4n) is 2.84. The van der Waals surface area contributed by atoms with Crippen LogP contribution in [0.15, 0.2) is 24.3 Å². The average molecular weight is 288 g/mol. The minimum absolute atomic E-state index is 0.0300. The van der Waals surface area contributed by atoms with Crippen molar-refractivity contribution in [1.29, 1.82) is 0 Å². The van der Waals surface area contributed by atoms with Gasteiger partial charge < -0.3 is 4.90 Å². The number of hydrogen-bond acceptors (Lipinski definition) is 2. The van der Waals surface area contributed by atoms with E-state index in [0.29, 0.717) is 5.92 Å². The van der Waals surface area contributed by atoms with Crippen molar-refractivity contribution in [2.45, 2.75) is 59.2 Å². The molecule has 0 saturated carbocycles. The molecule has 1 N–H and O–H groups in total. The summed E-state index contributed by atoms with van der Waals surface area (Å²) in [5, 5.41) is 3.50. The molecule has 0 radical (unpaired) electrons. The van der Waals surface area contributed by atoms with E-state index >= 15 is 0 Å². The summed E-state index contributed by atoms with van der Waals surface area (Å²) < 4.78 is 0. The van der Waals surface area contributed by atoms with Gasteiger partial charge in [-0.3, -0.25) is 10.1 Å². The summed E-state index contributed by atoms with van der Waals surface area (Å²) in [5.74, 6) is 0.783. The van der Waals surface area contributed by atoms with Gasteiger partial charge >= 0.3 is 0 Å². The Morgan fingerprint density at radius 2 is 1.86 bits per heavy atom. The molecule has 1 fully saturated rings. The third-order valence-electron chi connectivity index (χ3n) is 4.57. The quantitative estimate of drug-likeness (QED) is 0.869. The molecule has 1 aromatic rings. The second-order valence-corrected chi connectivity index (χ2v) is 6.13. The lowest BCUT2D eigenvalue weighted by atomic mass is 10.1. The van der Waals surface area contributed by atoms with Crippen LogP contribution in [0.1, 0.15) is 57.8 Å². The molecule has 3 heteroatoms. The predicted molar refractivity (Wildman–Crippen MR) is 86.9 cm³/mol. The van der Waals surface area contributed by atoms with E-state index in [-0.39, 0.29) is 18.1 Å². The summed E-state index contributed by atoms with van der Waals surface area (Å²) in [5.41, 5.74) is 2.53. The number of carbonyl (C=O) groups excluding carboxylic acids is 1. The molecule has 1 heterocycles. The van der Waals surface area contributed by atoms with Crippen LogP contribution in [0.5, 0.6) is 0 Å². The Morgan fingerprint density at radius 1 is 1.19 bits per heavy atom. The van der Waals surface area contributed by atoms with Crippen LogP contribution < -0.4 is 5.32 Å². The van der Waals surface area contributed by atoms with Crippen LogP contribution in [-0.4, -0.2) is 23.4 Å². The van der Waals surface area contributed by atoms with Crippen LogP contribution in [0, 0.1) is 5.92 Å². The molecule has 1 saturated heterocycles. The first kappa shape index (κ1) is 16.0. The van der Waals surface area contributed by atoms with Gasteiger partial charge in [-0.1, -0.05) is 58.4 Å². The zero-order chi connectivity index (χ0) is 15.4. The molecule has 3 atom stereocenters. The van der Waals surface area contributed by atoms with Crippen molar-refractivity contribution >= 4 is 5.91 Å². The highest BCUT2D eigenvalue weighted by atomic mass is 16.2. The van der Waals surface area contributed by atoms with Gasteiger partial charge in [0.15, 0.2) is 0 Å². The fourth-order valence-corrected chi connectivity index (χ4v) is 2.84. The number of nitrogens with one attached hydrogen (secondary N) is 1. The van der Waals surface area contributed by atoms with Gasteiger partial charge in [0.1, 0.15) is 6.17 Å². The lowest BCUT2D eigenvalue weighted by molar-refractivity contribution is -0.130. The van der Waals surface area contributed by atoms with Crippen LogP contribution in [-0.2, 0) is 11.2 Å². The average Bonchev–Trinajstić information content (AvgIpc) is 2.83. The Hall–Kier alpha value is -1.35.